The fraction of sp³-hybridized carbons (Fsp3) is 0.529. The van der Waals surface area contributed by atoms with Crippen LogP contribution in [-0.4, -0.2) is 41.5 Å². The summed E-state index contributed by atoms with van der Waals surface area (Å²) < 4.78 is 13.3. The van der Waals surface area contributed by atoms with Gasteiger partial charge in [0, 0.05) is 25.4 Å². The third-order valence-corrected chi connectivity index (χ3v) is 4.69. The Bertz CT molecular complexity index is 569. The van der Waals surface area contributed by atoms with Crippen LogP contribution in [0.25, 0.3) is 0 Å². The van der Waals surface area contributed by atoms with Crippen LogP contribution in [0, 0.1) is 18.2 Å². The van der Waals surface area contributed by atoms with Crippen molar-refractivity contribution in [3.63, 3.8) is 0 Å². The van der Waals surface area contributed by atoms with E-state index in [-0.39, 0.29) is 17.7 Å². The smallest absolute Gasteiger partial charge is 0.313 e. The number of aliphatic hydroxyl groups excluding tert-OH is 1. The number of likely N-dealkylation sites (tertiary alicyclic amines) is 1. The van der Waals surface area contributed by atoms with Gasteiger partial charge in [0.2, 0.25) is 0 Å². The molecule has 0 radical (unpaired) electrons. The Morgan fingerprint density at radius 1 is 1.30 bits per heavy atom. The molecule has 0 unspecified atom stereocenters. The van der Waals surface area contributed by atoms with Gasteiger partial charge in [-0.25, -0.2) is 4.39 Å². The summed E-state index contributed by atoms with van der Waals surface area (Å²) in [5, 5.41) is 12.0. The van der Waals surface area contributed by atoms with E-state index in [0.29, 0.717) is 31.5 Å². The number of amides is 2. The van der Waals surface area contributed by atoms with E-state index in [1.54, 1.807) is 13.0 Å². The van der Waals surface area contributed by atoms with Crippen LogP contribution < -0.4 is 5.32 Å². The van der Waals surface area contributed by atoms with Crippen molar-refractivity contribution >= 4 is 17.5 Å². The summed E-state index contributed by atoms with van der Waals surface area (Å²) in [4.78, 5) is 25.8. The predicted molar refractivity (Wildman–Crippen MR) is 85.4 cm³/mol. The lowest BCUT2D eigenvalue weighted by molar-refractivity contribution is -0.145. The Balaban J connectivity index is 1.97. The van der Waals surface area contributed by atoms with Crippen LogP contribution in [0.3, 0.4) is 0 Å². The van der Waals surface area contributed by atoms with Gasteiger partial charge in [0.25, 0.3) is 0 Å². The SMILES string of the molecule is CCC1(CO)CCN(C(=O)C(=O)Nc2cc(C)cc(F)c2)CC1. The van der Waals surface area contributed by atoms with Crippen molar-refractivity contribution in [2.75, 3.05) is 25.0 Å². The molecule has 1 aromatic rings. The highest BCUT2D eigenvalue weighted by Gasteiger charge is 2.35. The first-order valence-electron chi connectivity index (χ1n) is 7.87. The molecule has 126 valence electrons. The molecule has 2 N–H and O–H groups in total. The molecule has 0 saturated carbocycles. The Morgan fingerprint density at radius 3 is 2.48 bits per heavy atom. The molecule has 23 heavy (non-hydrogen) atoms. The van der Waals surface area contributed by atoms with E-state index in [0.717, 1.165) is 6.42 Å². The van der Waals surface area contributed by atoms with Crippen LogP contribution >= 0.6 is 0 Å². The number of rotatable bonds is 3. The number of anilines is 1. The number of halogens is 1. The molecule has 6 heteroatoms. The second-order valence-electron chi connectivity index (χ2n) is 6.28. The zero-order valence-corrected chi connectivity index (χ0v) is 13.6. The van der Waals surface area contributed by atoms with E-state index in [4.69, 9.17) is 0 Å². The van der Waals surface area contributed by atoms with Crippen molar-refractivity contribution in [2.45, 2.75) is 33.1 Å². The number of aliphatic hydroxyl groups is 1. The van der Waals surface area contributed by atoms with Crippen molar-refractivity contribution in [1.82, 2.24) is 4.90 Å². The number of nitrogens with zero attached hydrogens (tertiary/aromatic N) is 1. The summed E-state index contributed by atoms with van der Waals surface area (Å²) >= 11 is 0. The highest BCUT2D eigenvalue weighted by Crippen LogP contribution is 2.34. The number of hydrogen-bond donors (Lipinski definition) is 2. The van der Waals surface area contributed by atoms with Gasteiger partial charge in [-0.05, 0) is 55.4 Å². The largest absolute Gasteiger partial charge is 0.396 e. The number of aryl methyl sites for hydroxylation is 1. The Hall–Kier alpha value is -1.95. The molecule has 1 saturated heterocycles. The second kappa shape index (κ2) is 7.08. The van der Waals surface area contributed by atoms with Gasteiger partial charge >= 0.3 is 11.8 Å². The minimum absolute atomic E-state index is 0.0975. The average molecular weight is 322 g/mol. The lowest BCUT2D eigenvalue weighted by Gasteiger charge is -2.39. The molecule has 1 aliphatic rings. The number of carbonyl (C=O) groups excluding carboxylic acids is 2. The summed E-state index contributed by atoms with van der Waals surface area (Å²) in [6.07, 6.45) is 2.20. The first-order chi connectivity index (χ1) is 10.9. The standard InChI is InChI=1S/C17H23FN2O3/c1-3-17(11-21)4-6-20(7-5-17)16(23)15(22)19-14-9-12(2)8-13(18)10-14/h8-10,21H,3-7,11H2,1-2H3,(H,19,22). The van der Waals surface area contributed by atoms with Crippen molar-refractivity contribution in [1.29, 1.82) is 0 Å². The summed E-state index contributed by atoms with van der Waals surface area (Å²) in [6, 6.07) is 4.14. The zero-order chi connectivity index (χ0) is 17.0. The zero-order valence-electron chi connectivity index (χ0n) is 13.6. The topological polar surface area (TPSA) is 69.6 Å². The van der Waals surface area contributed by atoms with Gasteiger partial charge < -0.3 is 15.3 Å². The molecular weight excluding hydrogens is 299 g/mol. The number of hydrogen-bond acceptors (Lipinski definition) is 3. The maximum atomic E-state index is 13.3. The van der Waals surface area contributed by atoms with E-state index < -0.39 is 17.6 Å². The summed E-state index contributed by atoms with van der Waals surface area (Å²) in [6.45, 7) is 4.73. The van der Waals surface area contributed by atoms with Gasteiger partial charge in [0.05, 0.1) is 0 Å². The van der Waals surface area contributed by atoms with Gasteiger partial charge in [-0.15, -0.1) is 0 Å². The monoisotopic (exact) mass is 322 g/mol. The van der Waals surface area contributed by atoms with Crippen molar-refractivity contribution < 1.29 is 19.1 Å². The molecule has 1 fully saturated rings. The van der Waals surface area contributed by atoms with E-state index >= 15 is 0 Å². The van der Waals surface area contributed by atoms with Gasteiger partial charge in [-0.1, -0.05) is 6.92 Å². The maximum Gasteiger partial charge on any atom is 0.313 e. The van der Waals surface area contributed by atoms with Crippen LogP contribution in [0.5, 0.6) is 0 Å². The second-order valence-corrected chi connectivity index (χ2v) is 6.28. The molecule has 0 aliphatic carbocycles. The van der Waals surface area contributed by atoms with Crippen LogP contribution in [0.1, 0.15) is 31.7 Å². The fourth-order valence-corrected chi connectivity index (χ4v) is 2.94. The van der Waals surface area contributed by atoms with Crippen molar-refractivity contribution in [3.8, 4) is 0 Å². The molecule has 1 heterocycles. The van der Waals surface area contributed by atoms with Gasteiger partial charge in [0.15, 0.2) is 0 Å². The predicted octanol–water partition coefficient (Wildman–Crippen LogP) is 2.08. The number of nitrogens with one attached hydrogen (secondary N) is 1. The first-order valence-corrected chi connectivity index (χ1v) is 7.87. The Kier molecular flexibility index (Phi) is 5.36. The van der Waals surface area contributed by atoms with E-state index in [2.05, 4.69) is 5.32 Å². The molecule has 0 atom stereocenters. The molecule has 0 aromatic heterocycles. The van der Waals surface area contributed by atoms with Crippen LogP contribution in [0.2, 0.25) is 0 Å². The highest BCUT2D eigenvalue weighted by molar-refractivity contribution is 6.39. The van der Waals surface area contributed by atoms with E-state index in [9.17, 15) is 19.1 Å². The van der Waals surface area contributed by atoms with Gasteiger partial charge in [-0.3, -0.25) is 9.59 Å². The Labute approximate surface area is 135 Å². The Morgan fingerprint density at radius 2 is 1.96 bits per heavy atom. The molecule has 1 aromatic carbocycles. The minimum atomic E-state index is -0.761. The van der Waals surface area contributed by atoms with Crippen molar-refractivity contribution in [2.24, 2.45) is 5.41 Å². The fourth-order valence-electron chi connectivity index (χ4n) is 2.94. The quantitative estimate of drug-likeness (QED) is 0.837. The van der Waals surface area contributed by atoms with Crippen LogP contribution in [0.4, 0.5) is 10.1 Å². The number of carbonyl (C=O) groups is 2. The lowest BCUT2D eigenvalue weighted by atomic mass is 9.77. The number of benzene rings is 1. The summed E-state index contributed by atoms with van der Waals surface area (Å²) in [5.41, 5.74) is 0.796. The summed E-state index contributed by atoms with van der Waals surface area (Å²) in [5.74, 6) is -1.83. The normalized spacial score (nSPS) is 17.0. The molecular formula is C17H23FN2O3. The molecule has 0 spiro atoms. The van der Waals surface area contributed by atoms with E-state index in [1.165, 1.54) is 17.0 Å². The van der Waals surface area contributed by atoms with Crippen molar-refractivity contribution in [3.05, 3.63) is 29.6 Å². The van der Waals surface area contributed by atoms with Gasteiger partial charge in [-0.2, -0.15) is 0 Å². The minimum Gasteiger partial charge on any atom is -0.396 e. The maximum absolute atomic E-state index is 13.3. The molecule has 2 amide bonds. The molecule has 0 bridgehead atoms. The molecule has 5 nitrogen and oxygen atoms in total. The lowest BCUT2D eigenvalue weighted by Crippen LogP contribution is -2.48. The van der Waals surface area contributed by atoms with Gasteiger partial charge in [0.1, 0.15) is 5.82 Å². The van der Waals surface area contributed by atoms with Crippen LogP contribution in [0.15, 0.2) is 18.2 Å². The first kappa shape index (κ1) is 17.4. The molecule has 2 rings (SSSR count). The third-order valence-electron chi connectivity index (χ3n) is 4.69. The van der Waals surface area contributed by atoms with Crippen LogP contribution in [-0.2, 0) is 9.59 Å². The number of piperidine rings is 1. The highest BCUT2D eigenvalue weighted by atomic mass is 19.1. The molecule has 1 aliphatic heterocycles. The average Bonchev–Trinajstić information content (AvgIpc) is 2.53. The van der Waals surface area contributed by atoms with E-state index in [1.807, 2.05) is 6.92 Å². The summed E-state index contributed by atoms with van der Waals surface area (Å²) in [7, 11) is 0. The third kappa shape index (κ3) is 4.07.